The van der Waals surface area contributed by atoms with Gasteiger partial charge in [0.05, 0.1) is 6.61 Å². The van der Waals surface area contributed by atoms with Crippen LogP contribution in [0, 0.1) is 5.92 Å². The number of hydrogen-bond acceptors (Lipinski definition) is 3. The molecule has 0 saturated carbocycles. The third-order valence-electron chi connectivity index (χ3n) is 3.24. The van der Waals surface area contributed by atoms with Crippen LogP contribution in [0.2, 0.25) is 0 Å². The lowest BCUT2D eigenvalue weighted by atomic mass is 10.2. The summed E-state index contributed by atoms with van der Waals surface area (Å²) in [6.45, 7) is 7.80. The lowest BCUT2D eigenvalue weighted by Gasteiger charge is -2.11. The van der Waals surface area contributed by atoms with Crippen molar-refractivity contribution < 1.29 is 4.74 Å². The fraction of sp³-hybridized carbons (Fsp3) is 0.368. The predicted octanol–water partition coefficient (Wildman–Crippen LogP) is 3.92. The summed E-state index contributed by atoms with van der Waals surface area (Å²) in [5, 5.41) is 6.83. The van der Waals surface area contributed by atoms with Gasteiger partial charge in [-0.15, -0.1) is 0 Å². The van der Waals surface area contributed by atoms with E-state index in [0.29, 0.717) is 5.92 Å². The minimum atomic E-state index is 0.550. The number of benzene rings is 2. The molecule has 3 heteroatoms. The first-order valence-electron chi connectivity index (χ1n) is 7.95. The SMILES string of the molecule is CC(C)COc1ccc(NCCNCc2ccccc2)cc1. The van der Waals surface area contributed by atoms with Crippen LogP contribution in [-0.4, -0.2) is 19.7 Å². The molecule has 0 atom stereocenters. The Morgan fingerprint density at radius 3 is 2.32 bits per heavy atom. The second-order valence-corrected chi connectivity index (χ2v) is 5.82. The van der Waals surface area contributed by atoms with E-state index < -0.39 is 0 Å². The molecule has 0 bridgehead atoms. The van der Waals surface area contributed by atoms with Gasteiger partial charge in [0.1, 0.15) is 5.75 Å². The van der Waals surface area contributed by atoms with Gasteiger partial charge in [0, 0.05) is 25.3 Å². The van der Waals surface area contributed by atoms with Gasteiger partial charge in [0.15, 0.2) is 0 Å². The average molecular weight is 298 g/mol. The van der Waals surface area contributed by atoms with Crippen LogP contribution in [0.15, 0.2) is 54.6 Å². The number of anilines is 1. The summed E-state index contributed by atoms with van der Waals surface area (Å²) in [5.41, 5.74) is 2.44. The largest absolute Gasteiger partial charge is 0.493 e. The fourth-order valence-corrected chi connectivity index (χ4v) is 2.06. The van der Waals surface area contributed by atoms with E-state index in [9.17, 15) is 0 Å². The van der Waals surface area contributed by atoms with Gasteiger partial charge in [-0.1, -0.05) is 44.2 Å². The molecule has 0 unspecified atom stereocenters. The Bertz CT molecular complexity index is 523. The Morgan fingerprint density at radius 1 is 0.909 bits per heavy atom. The van der Waals surface area contributed by atoms with E-state index >= 15 is 0 Å². The Labute approximate surface area is 133 Å². The number of hydrogen-bond donors (Lipinski definition) is 2. The van der Waals surface area contributed by atoms with E-state index in [1.54, 1.807) is 0 Å². The van der Waals surface area contributed by atoms with Gasteiger partial charge in [0.2, 0.25) is 0 Å². The average Bonchev–Trinajstić information content (AvgIpc) is 2.54. The van der Waals surface area contributed by atoms with Crippen LogP contribution in [-0.2, 0) is 6.54 Å². The van der Waals surface area contributed by atoms with Crippen LogP contribution in [0.1, 0.15) is 19.4 Å². The van der Waals surface area contributed by atoms with Gasteiger partial charge in [-0.3, -0.25) is 0 Å². The van der Waals surface area contributed by atoms with Crippen LogP contribution >= 0.6 is 0 Å². The molecule has 0 radical (unpaired) electrons. The summed E-state index contributed by atoms with van der Waals surface area (Å²) in [6.07, 6.45) is 0. The van der Waals surface area contributed by atoms with Gasteiger partial charge in [-0.25, -0.2) is 0 Å². The molecule has 0 amide bonds. The number of rotatable bonds is 9. The minimum Gasteiger partial charge on any atom is -0.493 e. The molecule has 0 saturated heterocycles. The summed E-state index contributed by atoms with van der Waals surface area (Å²) >= 11 is 0. The van der Waals surface area contributed by atoms with Crippen LogP contribution < -0.4 is 15.4 Å². The molecule has 0 fully saturated rings. The lowest BCUT2D eigenvalue weighted by molar-refractivity contribution is 0.271. The molecule has 0 aliphatic carbocycles. The van der Waals surface area contributed by atoms with E-state index in [2.05, 4.69) is 60.9 Å². The molecule has 0 aliphatic heterocycles. The monoisotopic (exact) mass is 298 g/mol. The predicted molar refractivity (Wildman–Crippen MR) is 93.4 cm³/mol. The first kappa shape index (κ1) is 16.4. The van der Waals surface area contributed by atoms with E-state index in [4.69, 9.17) is 4.74 Å². The Balaban J connectivity index is 1.62. The highest BCUT2D eigenvalue weighted by Gasteiger charge is 1.98. The first-order valence-corrected chi connectivity index (χ1v) is 7.95. The van der Waals surface area contributed by atoms with E-state index in [1.165, 1.54) is 5.56 Å². The highest BCUT2D eigenvalue weighted by molar-refractivity contribution is 5.46. The third kappa shape index (κ3) is 6.19. The van der Waals surface area contributed by atoms with Crippen molar-refractivity contribution in [3.63, 3.8) is 0 Å². The molecule has 2 rings (SSSR count). The molecule has 2 aromatic rings. The smallest absolute Gasteiger partial charge is 0.119 e. The van der Waals surface area contributed by atoms with Crippen molar-refractivity contribution in [1.29, 1.82) is 0 Å². The maximum atomic E-state index is 5.67. The molecule has 2 aromatic carbocycles. The lowest BCUT2D eigenvalue weighted by Crippen LogP contribution is -2.21. The maximum absolute atomic E-state index is 5.67. The number of ether oxygens (including phenoxy) is 1. The summed E-state index contributed by atoms with van der Waals surface area (Å²) in [6, 6.07) is 18.6. The van der Waals surface area contributed by atoms with Crippen molar-refractivity contribution in [3.05, 3.63) is 60.2 Å². The van der Waals surface area contributed by atoms with Crippen molar-refractivity contribution in [2.75, 3.05) is 25.0 Å². The summed E-state index contributed by atoms with van der Waals surface area (Å²) in [5.74, 6) is 1.48. The zero-order valence-corrected chi connectivity index (χ0v) is 13.5. The molecule has 3 nitrogen and oxygen atoms in total. The zero-order valence-electron chi connectivity index (χ0n) is 13.5. The van der Waals surface area contributed by atoms with Crippen molar-refractivity contribution >= 4 is 5.69 Å². The number of nitrogens with one attached hydrogen (secondary N) is 2. The van der Waals surface area contributed by atoms with Gasteiger partial charge < -0.3 is 15.4 Å². The third-order valence-corrected chi connectivity index (χ3v) is 3.24. The second-order valence-electron chi connectivity index (χ2n) is 5.82. The fourth-order valence-electron chi connectivity index (χ4n) is 2.06. The quantitative estimate of drug-likeness (QED) is 0.688. The molecule has 22 heavy (non-hydrogen) atoms. The molecule has 118 valence electrons. The maximum Gasteiger partial charge on any atom is 0.119 e. The van der Waals surface area contributed by atoms with Crippen molar-refractivity contribution in [2.24, 2.45) is 5.92 Å². The highest BCUT2D eigenvalue weighted by atomic mass is 16.5. The molecule has 0 aliphatic rings. The van der Waals surface area contributed by atoms with Gasteiger partial charge in [-0.2, -0.15) is 0 Å². The first-order chi connectivity index (χ1) is 10.7. The standard InChI is InChI=1S/C19H26N2O/c1-16(2)15-22-19-10-8-18(9-11-19)21-13-12-20-14-17-6-4-3-5-7-17/h3-11,16,20-21H,12-15H2,1-2H3. The Kier molecular flexibility index (Phi) is 6.78. The summed E-state index contributed by atoms with van der Waals surface area (Å²) in [4.78, 5) is 0. The molecular formula is C19H26N2O. The topological polar surface area (TPSA) is 33.3 Å². The zero-order chi connectivity index (χ0) is 15.6. The normalized spacial score (nSPS) is 10.7. The van der Waals surface area contributed by atoms with E-state index in [1.807, 2.05) is 18.2 Å². The van der Waals surface area contributed by atoms with Gasteiger partial charge in [-0.05, 0) is 35.7 Å². The van der Waals surface area contributed by atoms with Crippen LogP contribution in [0.25, 0.3) is 0 Å². The van der Waals surface area contributed by atoms with Gasteiger partial charge >= 0.3 is 0 Å². The van der Waals surface area contributed by atoms with E-state index in [-0.39, 0.29) is 0 Å². The van der Waals surface area contributed by atoms with Crippen LogP contribution in [0.4, 0.5) is 5.69 Å². The summed E-state index contributed by atoms with van der Waals surface area (Å²) < 4.78 is 5.67. The van der Waals surface area contributed by atoms with Crippen LogP contribution in [0.5, 0.6) is 5.75 Å². The molecule has 0 spiro atoms. The van der Waals surface area contributed by atoms with Crippen molar-refractivity contribution in [1.82, 2.24) is 5.32 Å². The Morgan fingerprint density at radius 2 is 1.64 bits per heavy atom. The second kappa shape index (κ2) is 9.11. The summed E-state index contributed by atoms with van der Waals surface area (Å²) in [7, 11) is 0. The molecule has 2 N–H and O–H groups in total. The van der Waals surface area contributed by atoms with Gasteiger partial charge in [0.25, 0.3) is 0 Å². The van der Waals surface area contributed by atoms with Crippen LogP contribution in [0.3, 0.4) is 0 Å². The molecular weight excluding hydrogens is 272 g/mol. The molecule has 0 aromatic heterocycles. The minimum absolute atomic E-state index is 0.550. The van der Waals surface area contributed by atoms with Crippen molar-refractivity contribution in [3.8, 4) is 5.75 Å². The molecule has 0 heterocycles. The van der Waals surface area contributed by atoms with E-state index in [0.717, 1.165) is 37.7 Å². The van der Waals surface area contributed by atoms with Crippen molar-refractivity contribution in [2.45, 2.75) is 20.4 Å². The Hall–Kier alpha value is -2.00. The highest BCUT2D eigenvalue weighted by Crippen LogP contribution is 2.16.